The molecule has 23 heavy (non-hydrogen) atoms. The number of nitrogens with zero attached hydrogens (tertiary/aromatic N) is 3. The van der Waals surface area contributed by atoms with E-state index >= 15 is 0 Å². The molecule has 124 valence electrons. The molecule has 0 bridgehead atoms. The summed E-state index contributed by atoms with van der Waals surface area (Å²) in [6.45, 7) is 7.07. The fourth-order valence-electron chi connectivity index (χ4n) is 3.72. The molecule has 0 aliphatic carbocycles. The van der Waals surface area contributed by atoms with Gasteiger partial charge in [0.1, 0.15) is 0 Å². The molecule has 0 amide bonds. The molecule has 2 saturated heterocycles. The maximum Gasteiger partial charge on any atom is 0.185 e. The Hall–Kier alpha value is -1.37. The zero-order valence-corrected chi connectivity index (χ0v) is 14.2. The van der Waals surface area contributed by atoms with Crippen LogP contribution >= 0.6 is 11.3 Å². The van der Waals surface area contributed by atoms with E-state index in [1.54, 1.807) is 11.3 Å². The molecular formula is C17H24N4OS. The molecule has 2 aromatic heterocycles. The van der Waals surface area contributed by atoms with Crippen molar-refractivity contribution in [2.75, 3.05) is 44.3 Å². The minimum Gasteiger partial charge on any atom is -0.379 e. The summed E-state index contributed by atoms with van der Waals surface area (Å²) in [4.78, 5) is 12.8. The van der Waals surface area contributed by atoms with E-state index in [1.807, 2.05) is 12.4 Å². The van der Waals surface area contributed by atoms with Crippen molar-refractivity contribution in [1.29, 1.82) is 0 Å². The Labute approximate surface area is 141 Å². The first-order valence-corrected chi connectivity index (χ1v) is 9.28. The van der Waals surface area contributed by atoms with Crippen LogP contribution in [-0.4, -0.2) is 54.3 Å². The Morgan fingerprint density at radius 3 is 2.96 bits per heavy atom. The lowest BCUT2D eigenvalue weighted by Crippen LogP contribution is -2.47. The molecule has 2 aliphatic rings. The zero-order valence-electron chi connectivity index (χ0n) is 13.4. The van der Waals surface area contributed by atoms with Gasteiger partial charge in [0.25, 0.3) is 0 Å². The van der Waals surface area contributed by atoms with Crippen molar-refractivity contribution in [3.63, 3.8) is 0 Å². The Bertz CT molecular complexity index is 590. The highest BCUT2D eigenvalue weighted by Gasteiger charge is 2.38. The van der Waals surface area contributed by atoms with E-state index in [2.05, 4.69) is 37.3 Å². The van der Waals surface area contributed by atoms with Crippen molar-refractivity contribution in [1.82, 2.24) is 14.9 Å². The van der Waals surface area contributed by atoms with Crippen LogP contribution in [0.4, 0.5) is 5.13 Å². The number of anilines is 1. The van der Waals surface area contributed by atoms with Gasteiger partial charge < -0.3 is 14.6 Å². The van der Waals surface area contributed by atoms with Crippen molar-refractivity contribution < 1.29 is 4.74 Å². The maximum atomic E-state index is 5.97. The maximum absolute atomic E-state index is 5.97. The predicted molar refractivity (Wildman–Crippen MR) is 92.9 cm³/mol. The van der Waals surface area contributed by atoms with Gasteiger partial charge in [0.2, 0.25) is 0 Å². The first-order chi connectivity index (χ1) is 11.3. The predicted octanol–water partition coefficient (Wildman–Crippen LogP) is 2.59. The fraction of sp³-hybridized carbons (Fsp3) is 0.588. The molecule has 1 N–H and O–H groups in total. The van der Waals surface area contributed by atoms with E-state index in [1.165, 1.54) is 18.5 Å². The molecule has 0 atom stereocenters. The molecule has 2 aromatic rings. The highest BCUT2D eigenvalue weighted by molar-refractivity contribution is 7.13. The van der Waals surface area contributed by atoms with E-state index < -0.39 is 0 Å². The molecule has 2 fully saturated rings. The first kappa shape index (κ1) is 15.2. The highest BCUT2D eigenvalue weighted by atomic mass is 32.1. The number of piperidine rings is 1. The number of aromatic amines is 1. The van der Waals surface area contributed by atoms with Crippen LogP contribution in [0.15, 0.2) is 29.9 Å². The summed E-state index contributed by atoms with van der Waals surface area (Å²) in [6.07, 6.45) is 6.31. The Kier molecular flexibility index (Phi) is 4.37. The van der Waals surface area contributed by atoms with E-state index in [9.17, 15) is 0 Å². The molecule has 0 aromatic carbocycles. The van der Waals surface area contributed by atoms with Gasteiger partial charge in [0, 0.05) is 48.5 Å². The van der Waals surface area contributed by atoms with Crippen molar-refractivity contribution in [2.24, 2.45) is 5.41 Å². The van der Waals surface area contributed by atoms with E-state index in [-0.39, 0.29) is 5.41 Å². The number of likely N-dealkylation sites (tertiary alicyclic amines) is 1. The second-order valence-electron chi connectivity index (χ2n) is 6.76. The molecule has 0 radical (unpaired) electrons. The molecule has 4 heterocycles. The first-order valence-electron chi connectivity index (χ1n) is 8.40. The number of hydrogen-bond acceptors (Lipinski definition) is 5. The lowest BCUT2D eigenvalue weighted by atomic mass is 9.78. The average Bonchev–Trinajstić information content (AvgIpc) is 3.23. The third-order valence-corrected chi connectivity index (χ3v) is 5.94. The van der Waals surface area contributed by atoms with Crippen LogP contribution in [0.5, 0.6) is 0 Å². The summed E-state index contributed by atoms with van der Waals surface area (Å²) < 4.78 is 5.97. The lowest BCUT2D eigenvalue weighted by molar-refractivity contribution is 0.0199. The monoisotopic (exact) mass is 332 g/mol. The summed E-state index contributed by atoms with van der Waals surface area (Å²) in [6, 6.07) is 4.25. The number of hydrogen-bond donors (Lipinski definition) is 1. The highest BCUT2D eigenvalue weighted by Crippen LogP contribution is 2.36. The summed E-state index contributed by atoms with van der Waals surface area (Å²) >= 11 is 1.73. The molecule has 1 spiro atoms. The number of nitrogens with one attached hydrogen (secondary N) is 1. The summed E-state index contributed by atoms with van der Waals surface area (Å²) in [7, 11) is 0. The topological polar surface area (TPSA) is 44.4 Å². The fourth-order valence-corrected chi connectivity index (χ4v) is 4.39. The van der Waals surface area contributed by atoms with Crippen LogP contribution in [0, 0.1) is 5.41 Å². The minimum atomic E-state index is 0.286. The molecule has 2 aliphatic heterocycles. The van der Waals surface area contributed by atoms with Gasteiger partial charge in [-0.15, -0.1) is 11.3 Å². The third kappa shape index (κ3) is 3.44. The number of ether oxygens (including phenoxy) is 1. The number of H-pyrrole nitrogens is 1. The summed E-state index contributed by atoms with van der Waals surface area (Å²) in [5.41, 5.74) is 1.59. The molecule has 6 heteroatoms. The van der Waals surface area contributed by atoms with Crippen molar-refractivity contribution in [3.8, 4) is 0 Å². The van der Waals surface area contributed by atoms with Gasteiger partial charge in [-0.3, -0.25) is 4.90 Å². The van der Waals surface area contributed by atoms with Gasteiger partial charge >= 0.3 is 0 Å². The van der Waals surface area contributed by atoms with Crippen LogP contribution in [0.1, 0.15) is 18.5 Å². The lowest BCUT2D eigenvalue weighted by Gasteiger charge is -2.42. The molecular weight excluding hydrogens is 308 g/mol. The van der Waals surface area contributed by atoms with Crippen LogP contribution in [-0.2, 0) is 11.3 Å². The third-order valence-electron chi connectivity index (χ3n) is 5.10. The van der Waals surface area contributed by atoms with Gasteiger partial charge in [-0.05, 0) is 38.1 Å². The summed E-state index contributed by atoms with van der Waals surface area (Å²) in [5.74, 6) is 0. The average molecular weight is 332 g/mol. The number of aromatic nitrogens is 2. The summed E-state index contributed by atoms with van der Waals surface area (Å²) in [5, 5.41) is 3.20. The second-order valence-corrected chi connectivity index (χ2v) is 7.63. The van der Waals surface area contributed by atoms with Gasteiger partial charge in [-0.2, -0.15) is 0 Å². The SMILES string of the molecule is c1c[nH]c(CN2CCC3(CC2)COCCN(c2nccs2)C3)c1. The van der Waals surface area contributed by atoms with Gasteiger partial charge in [-0.1, -0.05) is 0 Å². The Morgan fingerprint density at radius 1 is 1.30 bits per heavy atom. The number of rotatable bonds is 3. The Morgan fingerprint density at radius 2 is 2.22 bits per heavy atom. The van der Waals surface area contributed by atoms with Crippen LogP contribution in [0.3, 0.4) is 0 Å². The van der Waals surface area contributed by atoms with Crippen molar-refractivity contribution in [2.45, 2.75) is 19.4 Å². The molecule has 5 nitrogen and oxygen atoms in total. The zero-order chi connectivity index (χ0) is 15.5. The van der Waals surface area contributed by atoms with E-state index in [0.29, 0.717) is 0 Å². The van der Waals surface area contributed by atoms with Gasteiger partial charge in [-0.25, -0.2) is 4.98 Å². The Balaban J connectivity index is 1.40. The van der Waals surface area contributed by atoms with E-state index in [4.69, 9.17) is 4.74 Å². The standard InChI is InChI=1S/C17H24N4OS/c1-2-15(18-5-1)12-20-7-3-17(4-8-20)13-21(9-10-22-14-17)16-19-6-11-23-16/h1-2,5-6,11,18H,3-4,7-10,12-14H2. The van der Waals surface area contributed by atoms with Crippen LogP contribution in [0.25, 0.3) is 0 Å². The molecule has 0 saturated carbocycles. The van der Waals surface area contributed by atoms with Crippen molar-refractivity contribution >= 4 is 16.5 Å². The number of thiazole rings is 1. The van der Waals surface area contributed by atoms with Crippen LogP contribution < -0.4 is 4.90 Å². The van der Waals surface area contributed by atoms with Crippen LogP contribution in [0.2, 0.25) is 0 Å². The smallest absolute Gasteiger partial charge is 0.185 e. The minimum absolute atomic E-state index is 0.286. The molecule has 4 rings (SSSR count). The molecule has 0 unspecified atom stereocenters. The van der Waals surface area contributed by atoms with Gasteiger partial charge in [0.15, 0.2) is 5.13 Å². The van der Waals surface area contributed by atoms with Crippen molar-refractivity contribution in [3.05, 3.63) is 35.6 Å². The van der Waals surface area contributed by atoms with Gasteiger partial charge in [0.05, 0.1) is 13.2 Å². The second kappa shape index (κ2) is 6.63. The van der Waals surface area contributed by atoms with E-state index in [0.717, 1.165) is 51.1 Å². The quantitative estimate of drug-likeness (QED) is 0.938. The normalized spacial score (nSPS) is 22.3. The largest absolute Gasteiger partial charge is 0.379 e.